The molecule has 2 rings (SSSR count). The van der Waals surface area contributed by atoms with E-state index in [9.17, 15) is 22.0 Å². The average Bonchev–Trinajstić information content (AvgIpc) is 2.51. The molecule has 0 aliphatic carbocycles. The van der Waals surface area contributed by atoms with Crippen molar-refractivity contribution in [3.8, 4) is 0 Å². The lowest BCUT2D eigenvalue weighted by Crippen LogP contribution is -2.22. The summed E-state index contributed by atoms with van der Waals surface area (Å²) in [6.07, 6.45) is 0. The molecule has 0 spiro atoms. The second kappa shape index (κ2) is 6.09. The lowest BCUT2D eigenvalue weighted by atomic mass is 10.1. The van der Waals surface area contributed by atoms with Crippen molar-refractivity contribution in [2.75, 3.05) is 11.9 Å². The zero-order chi connectivity index (χ0) is 15.6. The summed E-state index contributed by atoms with van der Waals surface area (Å²) < 4.78 is 65.8. The van der Waals surface area contributed by atoms with Gasteiger partial charge in [-0.05, 0) is 5.56 Å². The summed E-state index contributed by atoms with van der Waals surface area (Å²) >= 11 is 0. The van der Waals surface area contributed by atoms with Crippen LogP contribution in [-0.4, -0.2) is 6.54 Å². The molecule has 0 saturated carbocycles. The maximum atomic E-state index is 13.4. The van der Waals surface area contributed by atoms with Crippen LogP contribution < -0.4 is 11.1 Å². The molecule has 0 fully saturated rings. The summed E-state index contributed by atoms with van der Waals surface area (Å²) in [7, 11) is 0. The highest BCUT2D eigenvalue weighted by molar-refractivity contribution is 5.48. The number of benzene rings is 2. The highest BCUT2D eigenvalue weighted by atomic mass is 19.2. The fraction of sp³-hybridized carbons (Fsp3) is 0.143. The zero-order valence-corrected chi connectivity index (χ0v) is 10.6. The van der Waals surface area contributed by atoms with Gasteiger partial charge in [-0.3, -0.25) is 0 Å². The second-order valence-corrected chi connectivity index (χ2v) is 4.34. The van der Waals surface area contributed by atoms with Crippen LogP contribution in [0.3, 0.4) is 0 Å². The molecular formula is C14H11F5N2. The fourth-order valence-corrected chi connectivity index (χ4v) is 1.79. The SMILES string of the molecule is NC(CNc1c(F)c(F)c(F)c(F)c1F)c1ccccc1. The first-order chi connectivity index (χ1) is 9.93. The molecule has 112 valence electrons. The summed E-state index contributed by atoms with van der Waals surface area (Å²) in [5, 5.41) is 2.17. The normalized spacial score (nSPS) is 12.3. The van der Waals surface area contributed by atoms with Gasteiger partial charge >= 0.3 is 0 Å². The van der Waals surface area contributed by atoms with Gasteiger partial charge in [0.2, 0.25) is 5.82 Å². The van der Waals surface area contributed by atoms with E-state index in [0.29, 0.717) is 5.56 Å². The fourth-order valence-electron chi connectivity index (χ4n) is 1.79. The van der Waals surface area contributed by atoms with Crippen LogP contribution in [0, 0.1) is 29.1 Å². The Morgan fingerprint density at radius 1 is 0.810 bits per heavy atom. The van der Waals surface area contributed by atoms with Crippen molar-refractivity contribution < 1.29 is 22.0 Å². The van der Waals surface area contributed by atoms with Crippen LogP contribution in [0.2, 0.25) is 0 Å². The smallest absolute Gasteiger partial charge is 0.200 e. The molecule has 0 heterocycles. The highest BCUT2D eigenvalue weighted by Crippen LogP contribution is 2.27. The molecule has 21 heavy (non-hydrogen) atoms. The number of halogens is 5. The molecule has 7 heteroatoms. The summed E-state index contributed by atoms with van der Waals surface area (Å²) in [4.78, 5) is 0. The van der Waals surface area contributed by atoms with E-state index in [0.717, 1.165) is 0 Å². The minimum absolute atomic E-state index is 0.192. The van der Waals surface area contributed by atoms with Gasteiger partial charge in [0.1, 0.15) is 5.69 Å². The van der Waals surface area contributed by atoms with Crippen molar-refractivity contribution in [3.05, 3.63) is 65.0 Å². The number of hydrogen-bond acceptors (Lipinski definition) is 2. The number of nitrogens with two attached hydrogens (primary N) is 1. The van der Waals surface area contributed by atoms with Crippen molar-refractivity contribution in [3.63, 3.8) is 0 Å². The Bertz CT molecular complexity index is 617. The second-order valence-electron chi connectivity index (χ2n) is 4.34. The zero-order valence-electron chi connectivity index (χ0n) is 10.6. The van der Waals surface area contributed by atoms with Crippen LogP contribution in [0.4, 0.5) is 27.6 Å². The predicted molar refractivity (Wildman–Crippen MR) is 68.1 cm³/mol. The Hall–Kier alpha value is -2.15. The topological polar surface area (TPSA) is 38.0 Å². The molecular weight excluding hydrogens is 291 g/mol. The van der Waals surface area contributed by atoms with Gasteiger partial charge in [0.15, 0.2) is 23.3 Å². The quantitative estimate of drug-likeness (QED) is 0.515. The third-order valence-electron chi connectivity index (χ3n) is 2.94. The van der Waals surface area contributed by atoms with Crippen LogP contribution in [-0.2, 0) is 0 Å². The minimum Gasteiger partial charge on any atom is -0.378 e. The molecule has 0 radical (unpaired) electrons. The molecule has 0 saturated heterocycles. The Kier molecular flexibility index (Phi) is 4.42. The molecule has 2 aromatic carbocycles. The van der Waals surface area contributed by atoms with E-state index in [1.54, 1.807) is 30.3 Å². The first-order valence-electron chi connectivity index (χ1n) is 5.99. The third-order valence-corrected chi connectivity index (χ3v) is 2.94. The van der Waals surface area contributed by atoms with Crippen LogP contribution in [0.25, 0.3) is 0 Å². The number of rotatable bonds is 4. The Morgan fingerprint density at radius 3 is 1.81 bits per heavy atom. The average molecular weight is 302 g/mol. The standard InChI is InChI=1S/C14H11F5N2/c15-9-10(16)12(18)14(13(19)11(9)17)21-6-8(20)7-4-2-1-3-5-7/h1-5,8,21H,6,20H2. The van der Waals surface area contributed by atoms with E-state index in [4.69, 9.17) is 5.73 Å². The molecule has 0 aliphatic rings. The highest BCUT2D eigenvalue weighted by Gasteiger charge is 2.25. The van der Waals surface area contributed by atoms with E-state index < -0.39 is 40.8 Å². The van der Waals surface area contributed by atoms with Crippen molar-refractivity contribution in [2.24, 2.45) is 5.73 Å². The lowest BCUT2D eigenvalue weighted by molar-refractivity contribution is 0.381. The van der Waals surface area contributed by atoms with Crippen molar-refractivity contribution >= 4 is 5.69 Å². The molecule has 2 aromatic rings. The molecule has 0 amide bonds. The van der Waals surface area contributed by atoms with Gasteiger partial charge in [-0.25, -0.2) is 22.0 Å². The lowest BCUT2D eigenvalue weighted by Gasteiger charge is -2.15. The molecule has 2 nitrogen and oxygen atoms in total. The van der Waals surface area contributed by atoms with Crippen LogP contribution in [0.15, 0.2) is 30.3 Å². The van der Waals surface area contributed by atoms with Gasteiger partial charge < -0.3 is 11.1 Å². The van der Waals surface area contributed by atoms with Gasteiger partial charge in [0.25, 0.3) is 0 Å². The Labute approximate surface area is 117 Å². The van der Waals surface area contributed by atoms with E-state index in [1.165, 1.54) is 0 Å². The van der Waals surface area contributed by atoms with E-state index in [-0.39, 0.29) is 6.54 Å². The Morgan fingerprint density at radius 2 is 1.29 bits per heavy atom. The number of hydrogen-bond donors (Lipinski definition) is 2. The molecule has 0 bridgehead atoms. The Balaban J connectivity index is 2.21. The summed E-state index contributed by atoms with van der Waals surface area (Å²) in [6.45, 7) is -0.192. The maximum Gasteiger partial charge on any atom is 0.200 e. The van der Waals surface area contributed by atoms with Crippen molar-refractivity contribution in [1.29, 1.82) is 0 Å². The first kappa shape index (κ1) is 15.2. The largest absolute Gasteiger partial charge is 0.378 e. The molecule has 3 N–H and O–H groups in total. The van der Waals surface area contributed by atoms with Crippen molar-refractivity contribution in [1.82, 2.24) is 0 Å². The molecule has 0 aromatic heterocycles. The van der Waals surface area contributed by atoms with Gasteiger partial charge in [-0.2, -0.15) is 0 Å². The maximum absolute atomic E-state index is 13.4. The van der Waals surface area contributed by atoms with Gasteiger partial charge in [0, 0.05) is 12.6 Å². The van der Waals surface area contributed by atoms with E-state index in [2.05, 4.69) is 5.32 Å². The monoisotopic (exact) mass is 302 g/mol. The molecule has 1 unspecified atom stereocenters. The van der Waals surface area contributed by atoms with Crippen molar-refractivity contribution in [2.45, 2.75) is 6.04 Å². The third kappa shape index (κ3) is 2.97. The van der Waals surface area contributed by atoms with Crippen LogP contribution >= 0.6 is 0 Å². The minimum atomic E-state index is -2.19. The van der Waals surface area contributed by atoms with Gasteiger partial charge in [0.05, 0.1) is 0 Å². The number of nitrogens with one attached hydrogen (secondary N) is 1. The van der Waals surface area contributed by atoms with E-state index in [1.807, 2.05) is 0 Å². The van der Waals surface area contributed by atoms with Crippen LogP contribution in [0.1, 0.15) is 11.6 Å². The predicted octanol–water partition coefficient (Wildman–Crippen LogP) is 3.49. The van der Waals surface area contributed by atoms with Crippen LogP contribution in [0.5, 0.6) is 0 Å². The molecule has 1 atom stereocenters. The van der Waals surface area contributed by atoms with Gasteiger partial charge in [-0.15, -0.1) is 0 Å². The summed E-state index contributed by atoms with van der Waals surface area (Å²) in [5.74, 6) is -10.0. The molecule has 0 aliphatic heterocycles. The van der Waals surface area contributed by atoms with Gasteiger partial charge in [-0.1, -0.05) is 30.3 Å². The first-order valence-corrected chi connectivity index (χ1v) is 5.99. The summed E-state index contributed by atoms with van der Waals surface area (Å²) in [6, 6.07) is 7.89. The summed E-state index contributed by atoms with van der Waals surface area (Å²) in [5.41, 5.74) is 5.36. The number of anilines is 1. The van der Waals surface area contributed by atoms with E-state index >= 15 is 0 Å².